The van der Waals surface area contributed by atoms with Crippen LogP contribution in [0, 0.1) is 5.92 Å². The largest absolute Gasteiger partial charge is 0.468 e. The third-order valence-corrected chi connectivity index (χ3v) is 1.77. The number of ether oxygens (including phenoxy) is 1. The van der Waals surface area contributed by atoms with Crippen LogP contribution >= 0.6 is 0 Å². The first-order valence-corrected chi connectivity index (χ1v) is 4.09. The van der Waals surface area contributed by atoms with Crippen LogP contribution in [0.1, 0.15) is 13.8 Å². The minimum atomic E-state index is -0.410. The topological polar surface area (TPSA) is 81.4 Å². The summed E-state index contributed by atoms with van der Waals surface area (Å²) in [6.07, 6.45) is 0. The lowest BCUT2D eigenvalue weighted by Crippen LogP contribution is -2.40. The highest BCUT2D eigenvalue weighted by atomic mass is 16.5. The standard InChI is InChI=1S/C8H16N2O3/c1-5(7(9)11)4-10-6(2)8(12)13-3/h5-6,10H,4H2,1-3H3,(H2,9,11). The zero-order valence-electron chi connectivity index (χ0n) is 8.16. The lowest BCUT2D eigenvalue weighted by atomic mass is 10.1. The van der Waals surface area contributed by atoms with Crippen LogP contribution in [0.2, 0.25) is 0 Å². The van der Waals surface area contributed by atoms with E-state index in [1.165, 1.54) is 7.11 Å². The fourth-order valence-corrected chi connectivity index (χ4v) is 0.714. The zero-order chi connectivity index (χ0) is 10.4. The first-order valence-electron chi connectivity index (χ1n) is 4.09. The Morgan fingerprint density at radius 3 is 2.38 bits per heavy atom. The van der Waals surface area contributed by atoms with E-state index in [2.05, 4.69) is 10.1 Å². The van der Waals surface area contributed by atoms with E-state index in [0.29, 0.717) is 6.54 Å². The monoisotopic (exact) mass is 188 g/mol. The molecule has 0 aromatic rings. The van der Waals surface area contributed by atoms with Crippen molar-refractivity contribution >= 4 is 11.9 Å². The number of amides is 1. The Labute approximate surface area is 77.6 Å². The molecule has 76 valence electrons. The second-order valence-corrected chi connectivity index (χ2v) is 2.96. The number of methoxy groups -OCH3 is 1. The predicted octanol–water partition coefficient (Wildman–Crippen LogP) is -0.741. The highest BCUT2D eigenvalue weighted by Gasteiger charge is 2.15. The van der Waals surface area contributed by atoms with Crippen LogP contribution in [0.15, 0.2) is 0 Å². The van der Waals surface area contributed by atoms with Crippen molar-refractivity contribution in [1.29, 1.82) is 0 Å². The van der Waals surface area contributed by atoms with E-state index in [1.807, 2.05) is 0 Å². The van der Waals surface area contributed by atoms with E-state index in [9.17, 15) is 9.59 Å². The number of hydrogen-bond acceptors (Lipinski definition) is 4. The average molecular weight is 188 g/mol. The second-order valence-electron chi connectivity index (χ2n) is 2.96. The maximum atomic E-state index is 10.9. The average Bonchev–Trinajstić information content (AvgIpc) is 2.11. The molecule has 0 spiro atoms. The molecule has 0 rings (SSSR count). The lowest BCUT2D eigenvalue weighted by molar-refractivity contribution is -0.142. The molecule has 0 aliphatic rings. The van der Waals surface area contributed by atoms with Crippen LogP contribution in [-0.4, -0.2) is 31.6 Å². The number of esters is 1. The van der Waals surface area contributed by atoms with Crippen molar-refractivity contribution in [2.24, 2.45) is 11.7 Å². The van der Waals surface area contributed by atoms with Gasteiger partial charge in [-0.15, -0.1) is 0 Å². The molecule has 0 aliphatic heterocycles. The molecule has 3 N–H and O–H groups in total. The Kier molecular flexibility index (Phi) is 5.06. The first kappa shape index (κ1) is 11.9. The van der Waals surface area contributed by atoms with Crippen molar-refractivity contribution in [3.05, 3.63) is 0 Å². The molecule has 2 unspecified atom stereocenters. The van der Waals surface area contributed by atoms with Crippen LogP contribution in [0.25, 0.3) is 0 Å². The summed E-state index contributed by atoms with van der Waals surface area (Å²) in [5.74, 6) is -1.02. The number of nitrogens with two attached hydrogens (primary N) is 1. The summed E-state index contributed by atoms with van der Waals surface area (Å²) in [7, 11) is 1.32. The molecule has 1 amide bonds. The maximum absolute atomic E-state index is 10.9. The molecule has 0 fully saturated rings. The van der Waals surface area contributed by atoms with Crippen LogP contribution in [0.3, 0.4) is 0 Å². The minimum Gasteiger partial charge on any atom is -0.468 e. The van der Waals surface area contributed by atoms with Gasteiger partial charge in [0.1, 0.15) is 6.04 Å². The van der Waals surface area contributed by atoms with E-state index < -0.39 is 6.04 Å². The number of rotatable bonds is 5. The fourth-order valence-electron chi connectivity index (χ4n) is 0.714. The van der Waals surface area contributed by atoms with Crippen molar-refractivity contribution in [1.82, 2.24) is 5.32 Å². The zero-order valence-corrected chi connectivity index (χ0v) is 8.16. The summed E-state index contributed by atoms with van der Waals surface area (Å²) in [5, 5.41) is 2.84. The number of nitrogens with one attached hydrogen (secondary N) is 1. The van der Waals surface area contributed by atoms with Crippen molar-refractivity contribution < 1.29 is 14.3 Å². The van der Waals surface area contributed by atoms with Crippen LogP contribution in [0.5, 0.6) is 0 Å². The molecule has 5 heteroatoms. The smallest absolute Gasteiger partial charge is 0.322 e. The van der Waals surface area contributed by atoms with Gasteiger partial charge in [0.25, 0.3) is 0 Å². The first-order chi connectivity index (χ1) is 5.99. The Balaban J connectivity index is 3.76. The van der Waals surface area contributed by atoms with Gasteiger partial charge in [-0.2, -0.15) is 0 Å². The highest BCUT2D eigenvalue weighted by Crippen LogP contribution is 1.92. The molecule has 0 aromatic carbocycles. The Hall–Kier alpha value is -1.10. The van der Waals surface area contributed by atoms with Gasteiger partial charge in [0.15, 0.2) is 0 Å². The van der Waals surface area contributed by atoms with Gasteiger partial charge in [-0.3, -0.25) is 9.59 Å². The molecule has 0 saturated heterocycles. The van der Waals surface area contributed by atoms with Crippen LogP contribution in [-0.2, 0) is 14.3 Å². The van der Waals surface area contributed by atoms with E-state index in [-0.39, 0.29) is 17.8 Å². The Morgan fingerprint density at radius 2 is 2.00 bits per heavy atom. The molecular weight excluding hydrogens is 172 g/mol. The fraction of sp³-hybridized carbons (Fsp3) is 0.750. The maximum Gasteiger partial charge on any atom is 0.322 e. The normalized spacial score (nSPS) is 14.7. The molecule has 13 heavy (non-hydrogen) atoms. The van der Waals surface area contributed by atoms with Crippen molar-refractivity contribution in [2.75, 3.05) is 13.7 Å². The summed E-state index contributed by atoms with van der Waals surface area (Å²) in [5.41, 5.74) is 5.04. The van der Waals surface area contributed by atoms with Gasteiger partial charge < -0.3 is 15.8 Å². The Bertz CT molecular complexity index is 194. The van der Waals surface area contributed by atoms with Crippen LogP contribution < -0.4 is 11.1 Å². The summed E-state index contributed by atoms with van der Waals surface area (Å²) in [4.78, 5) is 21.5. The van der Waals surface area contributed by atoms with Gasteiger partial charge in [0, 0.05) is 12.5 Å². The van der Waals surface area contributed by atoms with Crippen molar-refractivity contribution in [3.8, 4) is 0 Å². The van der Waals surface area contributed by atoms with Gasteiger partial charge in [-0.05, 0) is 6.92 Å². The van der Waals surface area contributed by atoms with Gasteiger partial charge in [0.05, 0.1) is 7.11 Å². The summed E-state index contributed by atoms with van der Waals surface area (Å²) in [6.45, 7) is 3.74. The molecule has 0 bridgehead atoms. The van der Waals surface area contributed by atoms with Gasteiger partial charge in [0.2, 0.25) is 5.91 Å². The van der Waals surface area contributed by atoms with Gasteiger partial charge in [-0.25, -0.2) is 0 Å². The quantitative estimate of drug-likeness (QED) is 0.557. The van der Waals surface area contributed by atoms with Crippen LogP contribution in [0.4, 0.5) is 0 Å². The number of hydrogen-bond donors (Lipinski definition) is 2. The minimum absolute atomic E-state index is 0.285. The SMILES string of the molecule is COC(=O)C(C)NCC(C)C(N)=O. The number of primary amides is 1. The van der Waals surface area contributed by atoms with Gasteiger partial charge in [-0.1, -0.05) is 6.92 Å². The molecule has 0 aromatic heterocycles. The molecule has 0 radical (unpaired) electrons. The third kappa shape index (κ3) is 4.47. The van der Waals surface area contributed by atoms with Crippen molar-refractivity contribution in [2.45, 2.75) is 19.9 Å². The van der Waals surface area contributed by atoms with E-state index in [1.54, 1.807) is 13.8 Å². The van der Waals surface area contributed by atoms with Crippen molar-refractivity contribution in [3.63, 3.8) is 0 Å². The van der Waals surface area contributed by atoms with E-state index in [4.69, 9.17) is 5.73 Å². The molecule has 0 aliphatic carbocycles. The van der Waals surface area contributed by atoms with E-state index in [0.717, 1.165) is 0 Å². The highest BCUT2D eigenvalue weighted by molar-refractivity contribution is 5.77. The molecule has 0 saturated carbocycles. The summed E-state index contributed by atoms with van der Waals surface area (Å²) < 4.78 is 4.49. The molecule has 2 atom stereocenters. The molecule has 5 nitrogen and oxygen atoms in total. The number of carbonyl (C=O) groups is 2. The third-order valence-electron chi connectivity index (χ3n) is 1.77. The van der Waals surface area contributed by atoms with E-state index >= 15 is 0 Å². The lowest BCUT2D eigenvalue weighted by Gasteiger charge is -2.13. The summed E-state index contributed by atoms with van der Waals surface area (Å²) in [6, 6.07) is -0.410. The molecule has 0 heterocycles. The second kappa shape index (κ2) is 5.53. The number of carbonyl (C=O) groups excluding carboxylic acids is 2. The molecular formula is C8H16N2O3. The Morgan fingerprint density at radius 1 is 1.46 bits per heavy atom. The van der Waals surface area contributed by atoms with Gasteiger partial charge >= 0.3 is 5.97 Å². The predicted molar refractivity (Wildman–Crippen MR) is 47.8 cm³/mol. The summed E-state index contributed by atoms with van der Waals surface area (Å²) >= 11 is 0.